The van der Waals surface area contributed by atoms with Gasteiger partial charge in [-0.15, -0.1) is 0 Å². The lowest BCUT2D eigenvalue weighted by Gasteiger charge is -2.38. The highest BCUT2D eigenvalue weighted by Crippen LogP contribution is 2.59. The van der Waals surface area contributed by atoms with Gasteiger partial charge in [0.2, 0.25) is 11.8 Å². The number of rotatable bonds is 10. The summed E-state index contributed by atoms with van der Waals surface area (Å²) in [7, 11) is 0. The van der Waals surface area contributed by atoms with Gasteiger partial charge >= 0.3 is 5.97 Å². The smallest absolute Gasteiger partial charge is 0.312 e. The number of fused-ring (bicyclic) bond motifs is 1. The van der Waals surface area contributed by atoms with Crippen LogP contribution in [0.5, 0.6) is 0 Å². The first-order valence-corrected chi connectivity index (χ1v) is 11.4. The number of nitrogens with zero attached hydrogens (tertiary/aromatic N) is 1. The second-order valence-electron chi connectivity index (χ2n) is 9.05. The van der Waals surface area contributed by atoms with Crippen LogP contribution in [0.1, 0.15) is 59.8 Å². The zero-order chi connectivity index (χ0) is 22.1. The first-order valence-electron chi connectivity index (χ1n) is 11.4. The van der Waals surface area contributed by atoms with Gasteiger partial charge in [0.15, 0.2) is 0 Å². The van der Waals surface area contributed by atoms with Crippen LogP contribution >= 0.6 is 0 Å². The summed E-state index contributed by atoms with van der Waals surface area (Å²) in [6, 6.07) is -1.37. The molecule has 1 spiro atoms. The Kier molecular flexibility index (Phi) is 7.07. The van der Waals surface area contributed by atoms with Crippen molar-refractivity contribution < 1.29 is 29.0 Å². The maximum Gasteiger partial charge on any atom is 0.312 e. The molecule has 3 rings (SSSR count). The van der Waals surface area contributed by atoms with Crippen molar-refractivity contribution in [3.63, 3.8) is 0 Å². The predicted octanol–water partition coefficient (Wildman–Crippen LogP) is 1.25. The van der Waals surface area contributed by atoms with E-state index in [2.05, 4.69) is 12.2 Å². The molecule has 2 N–H and O–H groups in total. The molecule has 0 aromatic rings. The monoisotopic (exact) mass is 424 g/mol. The number of esters is 1. The molecular weight excluding hydrogens is 388 g/mol. The molecular formula is C22H36N2O6. The highest BCUT2D eigenvalue weighted by molar-refractivity contribution is 5.98. The number of likely N-dealkylation sites (tertiary alicyclic amines) is 1. The molecule has 0 radical (unpaired) electrons. The van der Waals surface area contributed by atoms with Gasteiger partial charge in [-0.25, -0.2) is 0 Å². The molecule has 0 aromatic carbocycles. The Balaban J connectivity index is 1.95. The zero-order valence-electron chi connectivity index (χ0n) is 18.6. The number of hydrogen-bond acceptors (Lipinski definition) is 6. The average Bonchev–Trinajstić information content (AvgIpc) is 3.34. The van der Waals surface area contributed by atoms with Gasteiger partial charge in [0.1, 0.15) is 11.6 Å². The quantitative estimate of drug-likeness (QED) is 0.404. The molecule has 6 atom stereocenters. The van der Waals surface area contributed by atoms with Crippen LogP contribution < -0.4 is 5.32 Å². The van der Waals surface area contributed by atoms with E-state index in [1.807, 2.05) is 13.8 Å². The van der Waals surface area contributed by atoms with Crippen molar-refractivity contribution in [2.45, 2.75) is 83.6 Å². The van der Waals surface area contributed by atoms with Crippen LogP contribution in [0.15, 0.2) is 0 Å². The van der Waals surface area contributed by atoms with Crippen LogP contribution in [0.25, 0.3) is 0 Å². The van der Waals surface area contributed by atoms with Crippen molar-refractivity contribution in [3.05, 3.63) is 0 Å². The number of unbranched alkanes of at least 4 members (excludes halogenated alkanes) is 2. The lowest BCUT2D eigenvalue weighted by atomic mass is 9.71. The maximum absolute atomic E-state index is 13.6. The third-order valence-electron chi connectivity index (χ3n) is 6.94. The second-order valence-corrected chi connectivity index (χ2v) is 9.05. The molecule has 170 valence electrons. The number of hydrogen-bond donors (Lipinski definition) is 2. The summed E-state index contributed by atoms with van der Waals surface area (Å²) in [6.45, 7) is 8.16. The molecule has 3 aliphatic heterocycles. The van der Waals surface area contributed by atoms with E-state index in [1.165, 1.54) is 4.90 Å². The largest absolute Gasteiger partial charge is 0.466 e. The number of aliphatic hydroxyl groups is 1. The number of carbonyl (C=O) groups is 3. The first-order chi connectivity index (χ1) is 14.3. The Bertz CT molecular complexity index is 668. The van der Waals surface area contributed by atoms with Crippen molar-refractivity contribution in [2.75, 3.05) is 19.8 Å². The summed E-state index contributed by atoms with van der Waals surface area (Å²) in [5, 5.41) is 13.0. The Hall–Kier alpha value is -1.67. The Morgan fingerprint density at radius 3 is 2.67 bits per heavy atom. The summed E-state index contributed by atoms with van der Waals surface area (Å²) in [5.41, 5.74) is -1.03. The molecule has 8 nitrogen and oxygen atoms in total. The van der Waals surface area contributed by atoms with Gasteiger partial charge in [-0.1, -0.05) is 33.6 Å². The number of nitrogens with one attached hydrogen (secondary N) is 1. The number of ether oxygens (including phenoxy) is 2. The topological polar surface area (TPSA) is 105 Å². The van der Waals surface area contributed by atoms with Gasteiger partial charge in [0.25, 0.3) is 0 Å². The lowest BCUT2D eigenvalue weighted by molar-refractivity contribution is -0.155. The minimum Gasteiger partial charge on any atom is -0.466 e. The highest BCUT2D eigenvalue weighted by Gasteiger charge is 2.75. The fraction of sp³-hybridized carbons (Fsp3) is 0.864. The number of carbonyl (C=O) groups excluding carboxylic acids is 3. The molecule has 3 fully saturated rings. The van der Waals surface area contributed by atoms with Crippen molar-refractivity contribution in [1.29, 1.82) is 0 Å². The van der Waals surface area contributed by atoms with Crippen molar-refractivity contribution >= 4 is 17.8 Å². The fourth-order valence-corrected chi connectivity index (χ4v) is 5.56. The molecule has 8 heteroatoms. The maximum atomic E-state index is 13.6. The highest BCUT2D eigenvalue weighted by atomic mass is 16.6. The molecule has 2 unspecified atom stereocenters. The Morgan fingerprint density at radius 1 is 1.33 bits per heavy atom. The van der Waals surface area contributed by atoms with Crippen LogP contribution in [0.2, 0.25) is 0 Å². The third kappa shape index (κ3) is 3.62. The van der Waals surface area contributed by atoms with Crippen molar-refractivity contribution in [1.82, 2.24) is 10.2 Å². The molecule has 3 heterocycles. The molecule has 0 aromatic heterocycles. The van der Waals surface area contributed by atoms with Gasteiger partial charge in [-0.3, -0.25) is 14.4 Å². The SMILES string of the molecule is CCCCCNC(=O)C1N([C@@H](CO)C(C)C)C(=O)[C@@H]2[C@H](C(=O)OCC)[C@@H]3CCC12O3. The van der Waals surface area contributed by atoms with E-state index in [9.17, 15) is 19.5 Å². The molecule has 30 heavy (non-hydrogen) atoms. The third-order valence-corrected chi connectivity index (χ3v) is 6.94. The minimum absolute atomic E-state index is 0.0530. The van der Waals surface area contributed by atoms with Crippen LogP contribution in [0.4, 0.5) is 0 Å². The van der Waals surface area contributed by atoms with E-state index in [0.29, 0.717) is 19.4 Å². The average molecular weight is 425 g/mol. The molecule has 0 saturated carbocycles. The molecule has 2 bridgehead atoms. The molecule has 3 aliphatic rings. The van der Waals surface area contributed by atoms with Crippen LogP contribution in [-0.2, 0) is 23.9 Å². The standard InChI is InChI=1S/C22H36N2O6/c1-5-7-8-11-23-19(26)18-22-10-9-15(30-22)16(21(28)29-6-2)17(22)20(27)24(18)14(12-25)13(3)4/h13-18,25H,5-12H2,1-4H3,(H,23,26)/t14-,15-,16+,17-,18?,22?/m0/s1. The van der Waals surface area contributed by atoms with E-state index in [1.54, 1.807) is 6.92 Å². The molecule has 2 amide bonds. The first kappa shape index (κ1) is 23.0. The van der Waals surface area contributed by atoms with Crippen LogP contribution in [-0.4, -0.2) is 71.3 Å². The minimum atomic E-state index is -1.03. The zero-order valence-corrected chi connectivity index (χ0v) is 18.6. The second kappa shape index (κ2) is 9.22. The summed E-state index contributed by atoms with van der Waals surface area (Å²) in [5.74, 6) is -2.46. The van der Waals surface area contributed by atoms with E-state index in [4.69, 9.17) is 9.47 Å². The summed E-state index contributed by atoms with van der Waals surface area (Å²) in [4.78, 5) is 41.2. The number of aliphatic hydroxyl groups excluding tert-OH is 1. The van der Waals surface area contributed by atoms with Crippen LogP contribution in [0.3, 0.4) is 0 Å². The number of amides is 2. The fourth-order valence-electron chi connectivity index (χ4n) is 5.56. The van der Waals surface area contributed by atoms with Crippen molar-refractivity contribution in [2.24, 2.45) is 17.8 Å². The Labute approximate surface area is 178 Å². The van der Waals surface area contributed by atoms with Gasteiger partial charge in [-0.05, 0) is 32.1 Å². The van der Waals surface area contributed by atoms with E-state index < -0.39 is 41.6 Å². The van der Waals surface area contributed by atoms with Gasteiger partial charge in [-0.2, -0.15) is 0 Å². The van der Waals surface area contributed by atoms with Gasteiger partial charge in [0, 0.05) is 6.54 Å². The normalized spacial score (nSPS) is 33.1. The van der Waals surface area contributed by atoms with Gasteiger partial charge < -0.3 is 24.8 Å². The predicted molar refractivity (Wildman–Crippen MR) is 109 cm³/mol. The van der Waals surface area contributed by atoms with Gasteiger partial charge in [0.05, 0.1) is 37.2 Å². The summed E-state index contributed by atoms with van der Waals surface area (Å²) in [6.07, 6.45) is 3.68. The molecule has 3 saturated heterocycles. The van der Waals surface area contributed by atoms with Crippen LogP contribution in [0, 0.1) is 17.8 Å². The van der Waals surface area contributed by atoms with Crippen molar-refractivity contribution in [3.8, 4) is 0 Å². The van der Waals surface area contributed by atoms with E-state index in [0.717, 1.165) is 19.3 Å². The van der Waals surface area contributed by atoms with E-state index >= 15 is 0 Å². The Morgan fingerprint density at radius 2 is 2.07 bits per heavy atom. The van der Waals surface area contributed by atoms with E-state index in [-0.39, 0.29) is 30.9 Å². The summed E-state index contributed by atoms with van der Waals surface area (Å²) < 4.78 is 11.5. The summed E-state index contributed by atoms with van der Waals surface area (Å²) >= 11 is 0. The lowest BCUT2D eigenvalue weighted by Crippen LogP contribution is -2.59. The molecule has 0 aliphatic carbocycles.